The summed E-state index contributed by atoms with van der Waals surface area (Å²) in [5.41, 5.74) is 2.13. The number of nitrogens with one attached hydrogen (secondary N) is 1. The van der Waals surface area contributed by atoms with Crippen LogP contribution < -0.4 is 5.32 Å². The molecular formula is C14H19N3O. The fraction of sp³-hybridized carbons (Fsp3) is 0.500. The van der Waals surface area contributed by atoms with Crippen molar-refractivity contribution in [2.45, 2.75) is 25.9 Å². The number of rotatable bonds is 3. The van der Waals surface area contributed by atoms with E-state index >= 15 is 0 Å². The highest BCUT2D eigenvalue weighted by Crippen LogP contribution is 2.30. The normalized spacial score (nSPS) is 23.9. The lowest BCUT2D eigenvalue weighted by molar-refractivity contribution is 0.273. The Morgan fingerprint density at radius 3 is 3.00 bits per heavy atom. The molecule has 1 fully saturated rings. The van der Waals surface area contributed by atoms with Crippen LogP contribution in [-0.2, 0) is 6.54 Å². The van der Waals surface area contributed by atoms with Gasteiger partial charge in [0, 0.05) is 6.54 Å². The van der Waals surface area contributed by atoms with Crippen molar-refractivity contribution in [2.24, 2.45) is 5.92 Å². The standard InChI is InChI=1S/C14H19N3O/c1-10-6-7-15-13(10)14-16-11-4-2-3-5-12(11)17(14)8-9-18/h2-5,10,13,15,18H,6-9H2,1H3. The van der Waals surface area contributed by atoms with Gasteiger partial charge >= 0.3 is 0 Å². The van der Waals surface area contributed by atoms with Crippen LogP contribution in [0.5, 0.6) is 0 Å². The summed E-state index contributed by atoms with van der Waals surface area (Å²) < 4.78 is 2.15. The van der Waals surface area contributed by atoms with E-state index in [1.807, 2.05) is 18.2 Å². The largest absolute Gasteiger partial charge is 0.395 e. The third kappa shape index (κ3) is 1.82. The molecule has 18 heavy (non-hydrogen) atoms. The van der Waals surface area contributed by atoms with E-state index in [4.69, 9.17) is 4.98 Å². The smallest absolute Gasteiger partial charge is 0.127 e. The Bertz CT molecular complexity index is 549. The summed E-state index contributed by atoms with van der Waals surface area (Å²) in [6.45, 7) is 4.07. The van der Waals surface area contributed by atoms with Gasteiger partial charge in [-0.25, -0.2) is 4.98 Å². The van der Waals surface area contributed by atoms with Gasteiger partial charge in [0.2, 0.25) is 0 Å². The van der Waals surface area contributed by atoms with Crippen molar-refractivity contribution in [1.29, 1.82) is 0 Å². The Labute approximate surface area is 107 Å². The van der Waals surface area contributed by atoms with Crippen molar-refractivity contribution in [3.05, 3.63) is 30.1 Å². The van der Waals surface area contributed by atoms with Crippen molar-refractivity contribution in [3.8, 4) is 0 Å². The van der Waals surface area contributed by atoms with E-state index in [9.17, 15) is 5.11 Å². The van der Waals surface area contributed by atoms with Gasteiger partial charge < -0.3 is 15.0 Å². The quantitative estimate of drug-likeness (QED) is 0.865. The second-order valence-corrected chi connectivity index (χ2v) is 5.03. The molecule has 2 unspecified atom stereocenters. The summed E-state index contributed by atoms with van der Waals surface area (Å²) in [7, 11) is 0. The summed E-state index contributed by atoms with van der Waals surface area (Å²) in [6, 6.07) is 8.44. The molecule has 0 spiro atoms. The van der Waals surface area contributed by atoms with Gasteiger partial charge in [0.15, 0.2) is 0 Å². The van der Waals surface area contributed by atoms with Crippen molar-refractivity contribution >= 4 is 11.0 Å². The van der Waals surface area contributed by atoms with Crippen LogP contribution in [0.1, 0.15) is 25.2 Å². The van der Waals surface area contributed by atoms with Crippen molar-refractivity contribution in [1.82, 2.24) is 14.9 Å². The van der Waals surface area contributed by atoms with E-state index in [-0.39, 0.29) is 6.61 Å². The van der Waals surface area contributed by atoms with Crippen LogP contribution in [0.2, 0.25) is 0 Å². The van der Waals surface area contributed by atoms with Gasteiger partial charge in [-0.3, -0.25) is 0 Å². The molecule has 1 aromatic carbocycles. The molecule has 2 N–H and O–H groups in total. The number of aliphatic hydroxyl groups is 1. The van der Waals surface area contributed by atoms with Crippen molar-refractivity contribution in [2.75, 3.05) is 13.2 Å². The third-order valence-electron chi connectivity index (χ3n) is 3.82. The van der Waals surface area contributed by atoms with E-state index in [2.05, 4.69) is 22.9 Å². The maximum Gasteiger partial charge on any atom is 0.127 e. The summed E-state index contributed by atoms with van der Waals surface area (Å²) in [4.78, 5) is 4.75. The molecule has 2 heterocycles. The Hall–Kier alpha value is -1.39. The van der Waals surface area contributed by atoms with Gasteiger partial charge in [-0.05, 0) is 31.0 Å². The Morgan fingerprint density at radius 2 is 2.28 bits per heavy atom. The minimum atomic E-state index is 0.147. The Morgan fingerprint density at radius 1 is 1.44 bits per heavy atom. The van der Waals surface area contributed by atoms with E-state index in [0.29, 0.717) is 18.5 Å². The summed E-state index contributed by atoms with van der Waals surface area (Å²) >= 11 is 0. The molecule has 1 aliphatic rings. The molecule has 2 aromatic rings. The van der Waals surface area contributed by atoms with Crippen LogP contribution in [0.25, 0.3) is 11.0 Å². The lowest BCUT2D eigenvalue weighted by Gasteiger charge is -2.17. The number of nitrogens with zero attached hydrogens (tertiary/aromatic N) is 2. The maximum atomic E-state index is 9.26. The number of para-hydroxylation sites is 2. The number of hydrogen-bond acceptors (Lipinski definition) is 3. The molecule has 0 amide bonds. The molecule has 96 valence electrons. The predicted molar refractivity (Wildman–Crippen MR) is 71.3 cm³/mol. The molecule has 4 nitrogen and oxygen atoms in total. The zero-order valence-corrected chi connectivity index (χ0v) is 10.6. The number of imidazole rings is 1. The predicted octanol–water partition coefficient (Wildman–Crippen LogP) is 1.70. The van der Waals surface area contributed by atoms with Crippen molar-refractivity contribution in [3.63, 3.8) is 0 Å². The molecule has 3 rings (SSSR count). The zero-order valence-electron chi connectivity index (χ0n) is 10.6. The summed E-state index contributed by atoms with van der Waals surface area (Å²) in [6.07, 6.45) is 1.19. The van der Waals surface area contributed by atoms with E-state index in [0.717, 1.165) is 23.4 Å². The van der Waals surface area contributed by atoms with E-state index < -0.39 is 0 Å². The minimum Gasteiger partial charge on any atom is -0.395 e. The van der Waals surface area contributed by atoms with Crippen LogP contribution in [-0.4, -0.2) is 27.8 Å². The van der Waals surface area contributed by atoms with Crippen LogP contribution in [0.15, 0.2) is 24.3 Å². The molecule has 1 aromatic heterocycles. The molecular weight excluding hydrogens is 226 g/mol. The molecule has 1 saturated heterocycles. The number of aromatic nitrogens is 2. The highest BCUT2D eigenvalue weighted by atomic mass is 16.3. The van der Waals surface area contributed by atoms with Crippen LogP contribution in [0.3, 0.4) is 0 Å². The fourth-order valence-corrected chi connectivity index (χ4v) is 2.85. The first-order valence-electron chi connectivity index (χ1n) is 6.60. The third-order valence-corrected chi connectivity index (χ3v) is 3.82. The summed E-state index contributed by atoms with van der Waals surface area (Å²) in [5.74, 6) is 1.66. The molecule has 0 radical (unpaired) electrons. The maximum absolute atomic E-state index is 9.26. The molecule has 0 saturated carbocycles. The first kappa shape index (κ1) is 11.7. The average Bonchev–Trinajstić information content (AvgIpc) is 2.94. The van der Waals surface area contributed by atoms with Crippen LogP contribution in [0.4, 0.5) is 0 Å². The molecule has 2 atom stereocenters. The number of aliphatic hydroxyl groups excluding tert-OH is 1. The van der Waals surface area contributed by atoms with Gasteiger partial charge in [0.05, 0.1) is 23.7 Å². The molecule has 1 aliphatic heterocycles. The zero-order chi connectivity index (χ0) is 12.5. The first-order valence-corrected chi connectivity index (χ1v) is 6.60. The fourth-order valence-electron chi connectivity index (χ4n) is 2.85. The van der Waals surface area contributed by atoms with Gasteiger partial charge in [0.25, 0.3) is 0 Å². The van der Waals surface area contributed by atoms with Gasteiger partial charge in [-0.15, -0.1) is 0 Å². The van der Waals surface area contributed by atoms with Gasteiger partial charge in [-0.1, -0.05) is 19.1 Å². The highest BCUT2D eigenvalue weighted by Gasteiger charge is 2.28. The highest BCUT2D eigenvalue weighted by molar-refractivity contribution is 5.76. The van der Waals surface area contributed by atoms with Crippen molar-refractivity contribution < 1.29 is 5.11 Å². The number of benzene rings is 1. The minimum absolute atomic E-state index is 0.147. The second kappa shape index (κ2) is 4.71. The average molecular weight is 245 g/mol. The van der Waals surface area contributed by atoms with Crippen LogP contribution >= 0.6 is 0 Å². The SMILES string of the molecule is CC1CCNC1c1nc2ccccc2n1CCO. The van der Waals surface area contributed by atoms with E-state index in [1.54, 1.807) is 0 Å². The molecule has 0 bridgehead atoms. The Kier molecular flexibility index (Phi) is 3.06. The first-order chi connectivity index (χ1) is 8.81. The lowest BCUT2D eigenvalue weighted by atomic mass is 10.0. The van der Waals surface area contributed by atoms with Gasteiger partial charge in [0.1, 0.15) is 5.82 Å². The van der Waals surface area contributed by atoms with E-state index in [1.165, 1.54) is 6.42 Å². The number of fused-ring (bicyclic) bond motifs is 1. The molecule has 4 heteroatoms. The summed E-state index contributed by atoms with van der Waals surface area (Å²) in [5, 5.41) is 12.8. The topological polar surface area (TPSA) is 50.1 Å². The van der Waals surface area contributed by atoms with Crippen LogP contribution in [0, 0.1) is 5.92 Å². The molecule has 0 aliphatic carbocycles. The second-order valence-electron chi connectivity index (χ2n) is 5.03. The Balaban J connectivity index is 2.12. The monoisotopic (exact) mass is 245 g/mol. The number of hydrogen-bond donors (Lipinski definition) is 2. The lowest BCUT2D eigenvalue weighted by Crippen LogP contribution is -2.22. The van der Waals surface area contributed by atoms with Gasteiger partial charge in [-0.2, -0.15) is 0 Å².